The molecule has 3 aromatic carbocycles. The van der Waals surface area contributed by atoms with Gasteiger partial charge in [0.25, 0.3) is 5.91 Å². The van der Waals surface area contributed by atoms with Crippen LogP contribution in [-0.4, -0.2) is 52.7 Å². The molecule has 8 nitrogen and oxygen atoms in total. The zero-order valence-electron chi connectivity index (χ0n) is 17.4. The van der Waals surface area contributed by atoms with E-state index in [0.29, 0.717) is 5.75 Å². The molecule has 0 aliphatic heterocycles. The van der Waals surface area contributed by atoms with Gasteiger partial charge in [-0.2, -0.15) is 9.41 Å². The molecule has 1 N–H and O–H groups in total. The van der Waals surface area contributed by atoms with Crippen LogP contribution < -0.4 is 14.9 Å². The van der Waals surface area contributed by atoms with E-state index in [9.17, 15) is 13.2 Å². The van der Waals surface area contributed by atoms with E-state index < -0.39 is 22.5 Å². The number of amides is 1. The van der Waals surface area contributed by atoms with E-state index >= 15 is 0 Å². The number of sulfonamides is 1. The summed E-state index contributed by atoms with van der Waals surface area (Å²) in [4.78, 5) is 12.2. The van der Waals surface area contributed by atoms with Crippen molar-refractivity contribution in [3.8, 4) is 11.5 Å². The predicted octanol–water partition coefficient (Wildman–Crippen LogP) is 2.63. The van der Waals surface area contributed by atoms with Crippen LogP contribution in [0.15, 0.2) is 70.7 Å². The minimum Gasteiger partial charge on any atom is -0.497 e. The van der Waals surface area contributed by atoms with Crippen molar-refractivity contribution in [1.29, 1.82) is 0 Å². The Hall–Kier alpha value is -3.43. The monoisotopic (exact) mass is 441 g/mol. The molecule has 0 radical (unpaired) electrons. The zero-order chi connectivity index (χ0) is 22.4. The second-order valence-electron chi connectivity index (χ2n) is 6.64. The first-order valence-electron chi connectivity index (χ1n) is 9.35. The molecule has 0 unspecified atom stereocenters. The third-order valence-corrected chi connectivity index (χ3v) is 6.47. The summed E-state index contributed by atoms with van der Waals surface area (Å²) in [6.07, 6.45) is 1.53. The second-order valence-corrected chi connectivity index (χ2v) is 8.65. The Bertz CT molecular complexity index is 1220. The van der Waals surface area contributed by atoms with Crippen LogP contribution >= 0.6 is 0 Å². The molecule has 162 valence electrons. The molecule has 0 saturated carbocycles. The Balaban J connectivity index is 1.71. The van der Waals surface area contributed by atoms with Crippen molar-refractivity contribution >= 4 is 32.9 Å². The van der Waals surface area contributed by atoms with E-state index in [0.717, 1.165) is 20.6 Å². The van der Waals surface area contributed by atoms with E-state index in [1.807, 2.05) is 42.5 Å². The summed E-state index contributed by atoms with van der Waals surface area (Å²) in [7, 11) is 0.112. The van der Waals surface area contributed by atoms with Crippen LogP contribution in [0.25, 0.3) is 10.8 Å². The van der Waals surface area contributed by atoms with Crippen molar-refractivity contribution in [3.63, 3.8) is 0 Å². The number of nitrogens with zero attached hydrogens (tertiary/aromatic N) is 2. The Labute approximate surface area is 181 Å². The summed E-state index contributed by atoms with van der Waals surface area (Å²) >= 11 is 0. The largest absolute Gasteiger partial charge is 0.497 e. The van der Waals surface area contributed by atoms with Gasteiger partial charge < -0.3 is 9.47 Å². The SMILES string of the molecule is COc1ccc(OC)c(S(=O)(=O)N(C)CC(=O)N/N=C/c2cccc3ccccc23)c1. The number of carbonyl (C=O) groups excluding carboxylic acids is 1. The highest BCUT2D eigenvalue weighted by Crippen LogP contribution is 2.30. The topological polar surface area (TPSA) is 97.3 Å². The third kappa shape index (κ3) is 5.01. The van der Waals surface area contributed by atoms with E-state index in [4.69, 9.17) is 9.47 Å². The summed E-state index contributed by atoms with van der Waals surface area (Å²) in [6.45, 7) is -0.421. The molecule has 0 fully saturated rings. The highest BCUT2D eigenvalue weighted by molar-refractivity contribution is 7.89. The maximum Gasteiger partial charge on any atom is 0.255 e. The molecule has 0 heterocycles. The van der Waals surface area contributed by atoms with Gasteiger partial charge in [0.05, 0.1) is 27.0 Å². The van der Waals surface area contributed by atoms with Crippen LogP contribution in [0.2, 0.25) is 0 Å². The number of rotatable bonds is 8. The molecule has 3 aromatic rings. The van der Waals surface area contributed by atoms with Crippen LogP contribution in [0.3, 0.4) is 0 Å². The highest BCUT2D eigenvalue weighted by Gasteiger charge is 2.27. The number of benzene rings is 3. The number of carbonyl (C=O) groups is 1. The summed E-state index contributed by atoms with van der Waals surface area (Å²) in [5.74, 6) is -0.0663. The van der Waals surface area contributed by atoms with Crippen LogP contribution in [0.4, 0.5) is 0 Å². The summed E-state index contributed by atoms with van der Waals surface area (Å²) in [5, 5.41) is 6.01. The maximum atomic E-state index is 12.9. The summed E-state index contributed by atoms with van der Waals surface area (Å²) in [5.41, 5.74) is 3.20. The Morgan fingerprint density at radius 1 is 1.06 bits per heavy atom. The third-order valence-electron chi connectivity index (χ3n) is 4.64. The minimum absolute atomic E-state index is 0.0936. The van der Waals surface area contributed by atoms with Crippen molar-refractivity contribution < 1.29 is 22.7 Å². The van der Waals surface area contributed by atoms with E-state index in [-0.39, 0.29) is 10.6 Å². The Morgan fingerprint density at radius 3 is 2.55 bits per heavy atom. The molecule has 31 heavy (non-hydrogen) atoms. The van der Waals surface area contributed by atoms with Gasteiger partial charge in [-0.25, -0.2) is 13.8 Å². The van der Waals surface area contributed by atoms with Gasteiger partial charge >= 0.3 is 0 Å². The average Bonchev–Trinajstić information content (AvgIpc) is 2.78. The molecule has 0 aliphatic rings. The molecular weight excluding hydrogens is 418 g/mol. The van der Waals surface area contributed by atoms with E-state index in [2.05, 4.69) is 10.5 Å². The number of methoxy groups -OCH3 is 2. The van der Waals surface area contributed by atoms with Gasteiger partial charge in [-0.1, -0.05) is 42.5 Å². The first kappa shape index (κ1) is 22.3. The van der Waals surface area contributed by atoms with Gasteiger partial charge in [0, 0.05) is 18.7 Å². The second kappa shape index (κ2) is 9.59. The van der Waals surface area contributed by atoms with Crippen LogP contribution in [0, 0.1) is 0 Å². The minimum atomic E-state index is -4.00. The number of fused-ring (bicyclic) bond motifs is 1. The molecule has 0 atom stereocenters. The molecule has 1 amide bonds. The van der Waals surface area contributed by atoms with Gasteiger partial charge in [0.2, 0.25) is 10.0 Å². The Morgan fingerprint density at radius 2 is 1.81 bits per heavy atom. The van der Waals surface area contributed by atoms with Crippen LogP contribution in [0.5, 0.6) is 11.5 Å². The number of hydrazone groups is 1. The number of hydrogen-bond donors (Lipinski definition) is 1. The molecular formula is C22H23N3O5S. The standard InChI is InChI=1S/C22H23N3O5S/c1-25(31(27,28)21-13-18(29-2)11-12-20(21)30-3)15-22(26)24-23-14-17-9-6-8-16-7-4-5-10-19(16)17/h4-14H,15H2,1-3H3,(H,24,26)/b23-14+. The first-order chi connectivity index (χ1) is 14.9. The Kier molecular flexibility index (Phi) is 6.88. The fourth-order valence-corrected chi connectivity index (χ4v) is 4.31. The van der Waals surface area contributed by atoms with Gasteiger partial charge in [-0.15, -0.1) is 0 Å². The van der Waals surface area contributed by atoms with Gasteiger partial charge in [-0.05, 0) is 22.9 Å². The van der Waals surface area contributed by atoms with Gasteiger partial charge in [0.15, 0.2) is 0 Å². The van der Waals surface area contributed by atoms with Crippen LogP contribution in [-0.2, 0) is 14.8 Å². The van der Waals surface area contributed by atoms with Crippen molar-refractivity contribution in [2.75, 3.05) is 27.8 Å². The lowest BCUT2D eigenvalue weighted by molar-refractivity contribution is -0.121. The molecule has 3 rings (SSSR count). The number of likely N-dealkylation sites (N-methyl/N-ethyl adjacent to an activating group) is 1. The van der Waals surface area contributed by atoms with Crippen LogP contribution in [0.1, 0.15) is 5.56 Å². The lowest BCUT2D eigenvalue weighted by Crippen LogP contribution is -2.36. The number of nitrogens with one attached hydrogen (secondary N) is 1. The van der Waals surface area contributed by atoms with E-state index in [1.165, 1.54) is 39.6 Å². The molecule has 0 aromatic heterocycles. The van der Waals surface area contributed by atoms with Crippen molar-refractivity contribution in [2.45, 2.75) is 4.90 Å². The first-order valence-corrected chi connectivity index (χ1v) is 10.8. The van der Waals surface area contributed by atoms with Gasteiger partial charge in [0.1, 0.15) is 16.4 Å². The molecule has 9 heteroatoms. The smallest absolute Gasteiger partial charge is 0.255 e. The number of hydrogen-bond acceptors (Lipinski definition) is 6. The molecule has 0 spiro atoms. The molecule has 0 bridgehead atoms. The normalized spacial score (nSPS) is 11.7. The fraction of sp³-hybridized carbons (Fsp3) is 0.182. The van der Waals surface area contributed by atoms with Crippen molar-refractivity contribution in [1.82, 2.24) is 9.73 Å². The lowest BCUT2D eigenvalue weighted by Gasteiger charge is -2.18. The average molecular weight is 442 g/mol. The fourth-order valence-electron chi connectivity index (χ4n) is 3.01. The van der Waals surface area contributed by atoms with Crippen molar-refractivity contribution in [3.05, 3.63) is 66.2 Å². The predicted molar refractivity (Wildman–Crippen MR) is 119 cm³/mol. The van der Waals surface area contributed by atoms with Crippen molar-refractivity contribution in [2.24, 2.45) is 5.10 Å². The summed E-state index contributed by atoms with van der Waals surface area (Å²) in [6, 6.07) is 18.0. The summed E-state index contributed by atoms with van der Waals surface area (Å²) < 4.78 is 37.0. The van der Waals surface area contributed by atoms with Gasteiger partial charge in [-0.3, -0.25) is 4.79 Å². The number of ether oxygens (including phenoxy) is 2. The molecule has 0 aliphatic carbocycles. The quantitative estimate of drug-likeness (QED) is 0.428. The highest BCUT2D eigenvalue weighted by atomic mass is 32.2. The lowest BCUT2D eigenvalue weighted by atomic mass is 10.1. The molecule has 0 saturated heterocycles. The van der Waals surface area contributed by atoms with E-state index in [1.54, 1.807) is 6.07 Å². The zero-order valence-corrected chi connectivity index (χ0v) is 18.2. The maximum absolute atomic E-state index is 12.9.